The number of benzene rings is 1. The Hall–Kier alpha value is -0.990. The van der Waals surface area contributed by atoms with Crippen molar-refractivity contribution in [3.05, 3.63) is 34.5 Å². The number of hydrogen-bond donors (Lipinski definition) is 2. The van der Waals surface area contributed by atoms with Crippen molar-refractivity contribution in [2.24, 2.45) is 5.73 Å². The van der Waals surface area contributed by atoms with Crippen LogP contribution in [0, 0.1) is 6.92 Å². The number of fused-ring (bicyclic) bond motifs is 1. The van der Waals surface area contributed by atoms with E-state index in [0.29, 0.717) is 0 Å². The predicted molar refractivity (Wildman–Crippen MR) is 72.6 cm³/mol. The Morgan fingerprint density at radius 1 is 1.41 bits per heavy atom. The molecule has 0 radical (unpaired) electrons. The lowest BCUT2D eigenvalue weighted by molar-refractivity contribution is 0.253. The van der Waals surface area contributed by atoms with E-state index in [1.54, 1.807) is 0 Å². The van der Waals surface area contributed by atoms with Crippen molar-refractivity contribution in [3.8, 4) is 0 Å². The van der Waals surface area contributed by atoms with Gasteiger partial charge in [0, 0.05) is 23.5 Å². The Balaban J connectivity index is 2.20. The number of aromatic nitrogens is 1. The molecule has 1 fully saturated rings. The molecular weight excluding hydrogens is 232 g/mol. The summed E-state index contributed by atoms with van der Waals surface area (Å²) in [5.74, 6) is 0. The van der Waals surface area contributed by atoms with Crippen LogP contribution in [0.1, 0.15) is 30.4 Å². The van der Waals surface area contributed by atoms with E-state index < -0.39 is 0 Å². The minimum Gasteiger partial charge on any atom is -0.360 e. The van der Waals surface area contributed by atoms with E-state index in [1.807, 2.05) is 6.20 Å². The van der Waals surface area contributed by atoms with E-state index in [4.69, 9.17) is 17.3 Å². The lowest BCUT2D eigenvalue weighted by Gasteiger charge is -2.41. The van der Waals surface area contributed by atoms with Crippen molar-refractivity contribution in [1.29, 1.82) is 0 Å². The van der Waals surface area contributed by atoms with E-state index in [0.717, 1.165) is 17.1 Å². The maximum absolute atomic E-state index is 6.35. The van der Waals surface area contributed by atoms with Crippen molar-refractivity contribution < 1.29 is 0 Å². The number of nitrogens with one attached hydrogen (secondary N) is 1. The smallest absolute Gasteiger partial charge is 0.0650 e. The number of H-pyrrole nitrogens is 1. The van der Waals surface area contributed by atoms with Gasteiger partial charge < -0.3 is 10.7 Å². The van der Waals surface area contributed by atoms with Crippen LogP contribution >= 0.6 is 11.6 Å². The van der Waals surface area contributed by atoms with Crippen molar-refractivity contribution in [3.63, 3.8) is 0 Å². The molecule has 3 N–H and O–H groups in total. The summed E-state index contributed by atoms with van der Waals surface area (Å²) in [7, 11) is 0. The first-order valence-electron chi connectivity index (χ1n) is 6.14. The molecule has 0 spiro atoms. The third-order valence-corrected chi connectivity index (χ3v) is 4.56. The van der Waals surface area contributed by atoms with Gasteiger partial charge in [-0.1, -0.05) is 18.0 Å². The summed E-state index contributed by atoms with van der Waals surface area (Å²) >= 11 is 6.35. The van der Waals surface area contributed by atoms with Crippen LogP contribution in [0.2, 0.25) is 5.02 Å². The molecule has 1 aliphatic carbocycles. The first kappa shape index (κ1) is 11.1. The van der Waals surface area contributed by atoms with Crippen LogP contribution in [-0.4, -0.2) is 11.5 Å². The largest absolute Gasteiger partial charge is 0.360 e. The molecule has 1 heterocycles. The summed E-state index contributed by atoms with van der Waals surface area (Å²) < 4.78 is 0. The van der Waals surface area contributed by atoms with Gasteiger partial charge in [0.05, 0.1) is 10.5 Å². The van der Waals surface area contributed by atoms with Crippen LogP contribution in [0.25, 0.3) is 10.9 Å². The summed E-state index contributed by atoms with van der Waals surface area (Å²) in [4.78, 5) is 3.23. The molecule has 0 saturated heterocycles. The molecule has 17 heavy (non-hydrogen) atoms. The number of aryl methyl sites for hydroxylation is 1. The van der Waals surface area contributed by atoms with Crippen LogP contribution < -0.4 is 5.73 Å². The number of rotatable bonds is 2. The van der Waals surface area contributed by atoms with E-state index in [2.05, 4.69) is 24.0 Å². The van der Waals surface area contributed by atoms with Gasteiger partial charge >= 0.3 is 0 Å². The van der Waals surface area contributed by atoms with Crippen LogP contribution in [-0.2, 0) is 5.41 Å². The third kappa shape index (κ3) is 1.51. The highest BCUT2D eigenvalue weighted by Crippen LogP contribution is 2.44. The maximum atomic E-state index is 6.35. The molecular formula is C14H17ClN2. The zero-order chi connectivity index (χ0) is 12.0. The Morgan fingerprint density at radius 3 is 2.76 bits per heavy atom. The molecule has 0 atom stereocenters. The predicted octanol–water partition coefficient (Wildman–Crippen LogP) is 3.51. The van der Waals surface area contributed by atoms with Gasteiger partial charge in [0.1, 0.15) is 0 Å². The summed E-state index contributed by atoms with van der Waals surface area (Å²) in [6.07, 6.45) is 5.67. The fourth-order valence-corrected chi connectivity index (χ4v) is 3.12. The molecule has 1 aromatic carbocycles. The normalized spacial score (nSPS) is 18.3. The quantitative estimate of drug-likeness (QED) is 0.839. The van der Waals surface area contributed by atoms with Crippen LogP contribution in [0.4, 0.5) is 0 Å². The van der Waals surface area contributed by atoms with Gasteiger partial charge in [0.15, 0.2) is 0 Å². The molecule has 3 heteroatoms. The molecule has 0 bridgehead atoms. The highest BCUT2D eigenvalue weighted by molar-refractivity contribution is 6.35. The average Bonchev–Trinajstić information content (AvgIpc) is 2.61. The van der Waals surface area contributed by atoms with Gasteiger partial charge in [-0.3, -0.25) is 0 Å². The lowest BCUT2D eigenvalue weighted by Crippen LogP contribution is -2.41. The second-order valence-electron chi connectivity index (χ2n) is 5.19. The van der Waals surface area contributed by atoms with Crippen molar-refractivity contribution in [1.82, 2.24) is 4.98 Å². The second-order valence-corrected chi connectivity index (χ2v) is 5.60. The Morgan fingerprint density at radius 2 is 2.18 bits per heavy atom. The molecule has 3 rings (SSSR count). The maximum Gasteiger partial charge on any atom is 0.0650 e. The Bertz CT molecular complexity index is 561. The van der Waals surface area contributed by atoms with Crippen molar-refractivity contribution in [2.75, 3.05) is 6.54 Å². The van der Waals surface area contributed by atoms with Gasteiger partial charge in [-0.05, 0) is 43.0 Å². The first-order valence-corrected chi connectivity index (χ1v) is 6.52. The number of nitrogens with two attached hydrogens (primary N) is 1. The molecule has 90 valence electrons. The second kappa shape index (κ2) is 3.76. The van der Waals surface area contributed by atoms with Gasteiger partial charge in [-0.2, -0.15) is 0 Å². The molecule has 1 saturated carbocycles. The minimum absolute atomic E-state index is 0.182. The van der Waals surface area contributed by atoms with E-state index in [1.165, 1.54) is 35.8 Å². The van der Waals surface area contributed by atoms with Crippen molar-refractivity contribution in [2.45, 2.75) is 31.6 Å². The third-order valence-electron chi connectivity index (χ3n) is 4.26. The molecule has 1 aliphatic rings. The zero-order valence-corrected chi connectivity index (χ0v) is 10.8. The fourth-order valence-electron chi connectivity index (χ4n) is 2.84. The number of hydrogen-bond acceptors (Lipinski definition) is 1. The Labute approximate surface area is 106 Å². The summed E-state index contributed by atoms with van der Waals surface area (Å²) in [5.41, 5.74) is 9.74. The number of aromatic amines is 1. The molecule has 2 nitrogen and oxygen atoms in total. The molecule has 0 unspecified atom stereocenters. The van der Waals surface area contributed by atoms with Crippen LogP contribution in [0.3, 0.4) is 0 Å². The van der Waals surface area contributed by atoms with E-state index in [-0.39, 0.29) is 5.41 Å². The Kier molecular flexibility index (Phi) is 2.46. The highest BCUT2D eigenvalue weighted by atomic mass is 35.5. The van der Waals surface area contributed by atoms with Crippen LogP contribution in [0.5, 0.6) is 0 Å². The molecule has 0 amide bonds. The van der Waals surface area contributed by atoms with E-state index >= 15 is 0 Å². The average molecular weight is 249 g/mol. The fraction of sp³-hybridized carbons (Fsp3) is 0.429. The molecule has 1 aromatic heterocycles. The number of halogens is 1. The first-order chi connectivity index (χ1) is 8.16. The summed E-state index contributed by atoms with van der Waals surface area (Å²) in [6, 6.07) is 4.35. The van der Waals surface area contributed by atoms with Gasteiger partial charge in [0.25, 0.3) is 0 Å². The van der Waals surface area contributed by atoms with Crippen LogP contribution in [0.15, 0.2) is 18.3 Å². The van der Waals surface area contributed by atoms with Gasteiger partial charge in [-0.15, -0.1) is 0 Å². The highest BCUT2D eigenvalue weighted by Gasteiger charge is 2.37. The monoisotopic (exact) mass is 248 g/mol. The topological polar surface area (TPSA) is 41.8 Å². The minimum atomic E-state index is 0.182. The van der Waals surface area contributed by atoms with Gasteiger partial charge in [-0.25, -0.2) is 0 Å². The standard InChI is InChI=1S/C14H17ClN2/c1-9-7-17-13-11(9)5-10(6-12(13)15)14(8-16)3-2-4-14/h5-7,17H,2-4,8,16H2,1H3. The lowest BCUT2D eigenvalue weighted by atomic mass is 9.64. The summed E-state index contributed by atoms with van der Waals surface area (Å²) in [5, 5.41) is 2.04. The summed E-state index contributed by atoms with van der Waals surface area (Å²) in [6.45, 7) is 2.83. The van der Waals surface area contributed by atoms with Crippen molar-refractivity contribution >= 4 is 22.5 Å². The zero-order valence-electron chi connectivity index (χ0n) is 10.0. The molecule has 0 aliphatic heterocycles. The SMILES string of the molecule is Cc1c[nH]c2c(Cl)cc(C3(CN)CCC3)cc12. The van der Waals surface area contributed by atoms with Gasteiger partial charge in [0.2, 0.25) is 0 Å². The molecule has 2 aromatic rings. The van der Waals surface area contributed by atoms with E-state index in [9.17, 15) is 0 Å².